The minimum atomic E-state index is 0.248. The Morgan fingerprint density at radius 1 is 1.50 bits per heavy atom. The molecule has 1 atom stereocenters. The zero-order valence-corrected chi connectivity index (χ0v) is 12.7. The molecule has 0 aromatic carbocycles. The second-order valence-corrected chi connectivity index (χ2v) is 6.30. The van der Waals surface area contributed by atoms with Gasteiger partial charge in [-0.05, 0) is 50.5 Å². The van der Waals surface area contributed by atoms with Gasteiger partial charge in [0.1, 0.15) is 0 Å². The molecule has 1 nitrogen and oxygen atoms in total. The van der Waals surface area contributed by atoms with Crippen LogP contribution in [0.1, 0.15) is 66.7 Å². The van der Waals surface area contributed by atoms with Gasteiger partial charge in [0, 0.05) is 5.92 Å². The van der Waals surface area contributed by atoms with Gasteiger partial charge in [0.05, 0.1) is 0 Å². The molecule has 1 aliphatic rings. The van der Waals surface area contributed by atoms with Gasteiger partial charge >= 0.3 is 0 Å². The number of unbranched alkanes of at least 4 members (excludes halogenated alkanes) is 1. The quantitative estimate of drug-likeness (QED) is 0.490. The SMILES string of the molecule is CCCC/C(=C\C1C(C)=CCCC1(C)C)C(C)=O. The molecule has 1 heteroatoms. The Bertz CT molecular complexity index is 358. The molecule has 0 aromatic heterocycles. The minimum Gasteiger partial charge on any atom is -0.295 e. The maximum absolute atomic E-state index is 11.8. The van der Waals surface area contributed by atoms with Crippen molar-refractivity contribution in [3.05, 3.63) is 23.3 Å². The average molecular weight is 248 g/mol. The van der Waals surface area contributed by atoms with Gasteiger partial charge in [-0.15, -0.1) is 0 Å². The Labute approximate surface area is 112 Å². The zero-order chi connectivity index (χ0) is 13.8. The lowest BCUT2D eigenvalue weighted by molar-refractivity contribution is -0.113. The predicted molar refractivity (Wildman–Crippen MR) is 78.6 cm³/mol. The van der Waals surface area contributed by atoms with Gasteiger partial charge in [0.25, 0.3) is 0 Å². The number of rotatable bonds is 5. The first-order valence-electron chi connectivity index (χ1n) is 7.26. The number of allylic oxidation sites excluding steroid dienone is 4. The van der Waals surface area contributed by atoms with Crippen LogP contribution < -0.4 is 0 Å². The number of hydrogen-bond donors (Lipinski definition) is 0. The topological polar surface area (TPSA) is 17.1 Å². The number of Topliss-reactive ketones (excluding diaryl/α,β-unsaturated/α-hetero) is 1. The number of carbonyl (C=O) groups is 1. The van der Waals surface area contributed by atoms with Crippen LogP contribution in [-0.4, -0.2) is 5.78 Å². The van der Waals surface area contributed by atoms with E-state index in [9.17, 15) is 4.79 Å². The number of carbonyl (C=O) groups excluding carboxylic acids is 1. The Morgan fingerprint density at radius 2 is 2.17 bits per heavy atom. The Kier molecular flexibility index (Phi) is 5.37. The lowest BCUT2D eigenvalue weighted by atomic mass is 9.68. The molecule has 0 saturated carbocycles. The van der Waals surface area contributed by atoms with E-state index >= 15 is 0 Å². The lowest BCUT2D eigenvalue weighted by Crippen LogP contribution is -2.27. The summed E-state index contributed by atoms with van der Waals surface area (Å²) in [6.45, 7) is 10.7. The summed E-state index contributed by atoms with van der Waals surface area (Å²) in [5.41, 5.74) is 2.75. The van der Waals surface area contributed by atoms with Crippen molar-refractivity contribution in [1.29, 1.82) is 0 Å². The molecule has 1 aliphatic carbocycles. The highest BCUT2D eigenvalue weighted by atomic mass is 16.1. The summed E-state index contributed by atoms with van der Waals surface area (Å²) in [4.78, 5) is 11.8. The summed E-state index contributed by atoms with van der Waals surface area (Å²) in [7, 11) is 0. The third kappa shape index (κ3) is 3.83. The monoisotopic (exact) mass is 248 g/mol. The normalized spacial score (nSPS) is 23.7. The third-order valence-electron chi connectivity index (χ3n) is 4.21. The Hall–Kier alpha value is -0.850. The molecule has 0 fully saturated rings. The standard InChI is InChI=1S/C17H28O/c1-6-7-10-15(14(3)18)12-16-13(2)9-8-11-17(16,4)5/h9,12,16H,6-8,10-11H2,1-5H3/b15-12+. The highest BCUT2D eigenvalue weighted by Crippen LogP contribution is 2.42. The summed E-state index contributed by atoms with van der Waals surface area (Å²) in [6.07, 6.45) is 10.2. The summed E-state index contributed by atoms with van der Waals surface area (Å²) in [5, 5.41) is 0. The number of ketones is 1. The van der Waals surface area contributed by atoms with Gasteiger partial charge in [-0.3, -0.25) is 4.79 Å². The fourth-order valence-electron chi connectivity index (χ4n) is 2.87. The van der Waals surface area contributed by atoms with Gasteiger partial charge in [-0.1, -0.05) is 44.9 Å². The first-order valence-corrected chi connectivity index (χ1v) is 7.26. The van der Waals surface area contributed by atoms with E-state index in [1.165, 1.54) is 18.4 Å². The van der Waals surface area contributed by atoms with Gasteiger partial charge in [-0.2, -0.15) is 0 Å². The molecule has 0 heterocycles. The predicted octanol–water partition coefficient (Wildman–Crippen LogP) is 5.07. The molecule has 0 spiro atoms. The summed E-state index contributed by atoms with van der Waals surface area (Å²) in [6, 6.07) is 0. The van der Waals surface area contributed by atoms with Crippen LogP contribution in [0.2, 0.25) is 0 Å². The molecule has 18 heavy (non-hydrogen) atoms. The van der Waals surface area contributed by atoms with E-state index < -0.39 is 0 Å². The highest BCUT2D eigenvalue weighted by Gasteiger charge is 2.31. The van der Waals surface area contributed by atoms with Crippen molar-refractivity contribution in [2.24, 2.45) is 11.3 Å². The average Bonchev–Trinajstić information content (AvgIpc) is 2.26. The van der Waals surface area contributed by atoms with Gasteiger partial charge in [0.15, 0.2) is 5.78 Å². The van der Waals surface area contributed by atoms with Crippen molar-refractivity contribution in [3.63, 3.8) is 0 Å². The molecule has 1 rings (SSSR count). The van der Waals surface area contributed by atoms with Crippen LogP contribution in [0.4, 0.5) is 0 Å². The first kappa shape index (κ1) is 15.2. The van der Waals surface area contributed by atoms with Crippen molar-refractivity contribution in [2.75, 3.05) is 0 Å². The molecule has 0 N–H and O–H groups in total. The van der Waals surface area contributed by atoms with E-state index in [2.05, 4.69) is 39.8 Å². The van der Waals surface area contributed by atoms with Gasteiger partial charge in [-0.25, -0.2) is 0 Å². The second kappa shape index (κ2) is 6.36. The Morgan fingerprint density at radius 3 is 2.67 bits per heavy atom. The molecule has 102 valence electrons. The van der Waals surface area contributed by atoms with Crippen LogP contribution in [0.15, 0.2) is 23.3 Å². The van der Waals surface area contributed by atoms with E-state index in [0.717, 1.165) is 24.8 Å². The molecule has 1 unspecified atom stereocenters. The van der Waals surface area contributed by atoms with Crippen LogP contribution in [0.3, 0.4) is 0 Å². The summed E-state index contributed by atoms with van der Waals surface area (Å²) in [5.74, 6) is 0.680. The van der Waals surface area contributed by atoms with Crippen LogP contribution in [0, 0.1) is 11.3 Å². The van der Waals surface area contributed by atoms with Crippen LogP contribution in [-0.2, 0) is 4.79 Å². The lowest BCUT2D eigenvalue weighted by Gasteiger charge is -2.37. The maximum Gasteiger partial charge on any atom is 0.155 e. The van der Waals surface area contributed by atoms with Crippen molar-refractivity contribution < 1.29 is 4.79 Å². The molecule has 0 amide bonds. The highest BCUT2D eigenvalue weighted by molar-refractivity contribution is 5.93. The fourth-order valence-corrected chi connectivity index (χ4v) is 2.87. The van der Waals surface area contributed by atoms with Crippen molar-refractivity contribution in [3.8, 4) is 0 Å². The van der Waals surface area contributed by atoms with E-state index in [0.29, 0.717) is 5.92 Å². The van der Waals surface area contributed by atoms with Gasteiger partial charge < -0.3 is 0 Å². The molecule has 0 radical (unpaired) electrons. The van der Waals surface area contributed by atoms with Crippen LogP contribution in [0.5, 0.6) is 0 Å². The maximum atomic E-state index is 11.8. The fraction of sp³-hybridized carbons (Fsp3) is 0.706. The molecule has 0 aliphatic heterocycles. The van der Waals surface area contributed by atoms with E-state index in [1.54, 1.807) is 6.92 Å². The smallest absolute Gasteiger partial charge is 0.155 e. The van der Waals surface area contributed by atoms with E-state index in [1.807, 2.05) is 0 Å². The Balaban J connectivity index is 2.97. The van der Waals surface area contributed by atoms with E-state index in [-0.39, 0.29) is 11.2 Å². The van der Waals surface area contributed by atoms with Crippen LogP contribution >= 0.6 is 0 Å². The molecular formula is C17H28O. The first-order chi connectivity index (χ1) is 8.38. The summed E-state index contributed by atoms with van der Waals surface area (Å²) < 4.78 is 0. The third-order valence-corrected chi connectivity index (χ3v) is 4.21. The molecule has 0 aromatic rings. The second-order valence-electron chi connectivity index (χ2n) is 6.30. The largest absolute Gasteiger partial charge is 0.295 e. The van der Waals surface area contributed by atoms with Crippen LogP contribution in [0.25, 0.3) is 0 Å². The van der Waals surface area contributed by atoms with E-state index in [4.69, 9.17) is 0 Å². The molecule has 0 saturated heterocycles. The molecule has 0 bridgehead atoms. The van der Waals surface area contributed by atoms with Crippen molar-refractivity contribution in [2.45, 2.75) is 66.7 Å². The van der Waals surface area contributed by atoms with Crippen molar-refractivity contribution in [1.82, 2.24) is 0 Å². The summed E-state index contributed by atoms with van der Waals surface area (Å²) >= 11 is 0. The van der Waals surface area contributed by atoms with Crippen molar-refractivity contribution >= 4 is 5.78 Å². The minimum absolute atomic E-state index is 0.248. The zero-order valence-electron chi connectivity index (χ0n) is 12.7. The number of hydrogen-bond acceptors (Lipinski definition) is 1. The molecular weight excluding hydrogens is 220 g/mol. The van der Waals surface area contributed by atoms with Gasteiger partial charge in [0.2, 0.25) is 0 Å².